The molecule has 0 radical (unpaired) electrons. The second-order valence-corrected chi connectivity index (χ2v) is 8.18. The minimum Gasteiger partial charge on any atom is -0.461 e. The van der Waals surface area contributed by atoms with E-state index in [0.717, 1.165) is 0 Å². The van der Waals surface area contributed by atoms with Gasteiger partial charge in [0.25, 0.3) is 5.91 Å². The van der Waals surface area contributed by atoms with E-state index in [2.05, 4.69) is 20.9 Å². The monoisotopic (exact) mass is 394 g/mol. The van der Waals surface area contributed by atoms with Crippen molar-refractivity contribution in [3.63, 3.8) is 0 Å². The smallest absolute Gasteiger partial charge is 0.412 e. The average molecular weight is 394 g/mol. The van der Waals surface area contributed by atoms with Gasteiger partial charge in [-0.25, -0.2) is 14.6 Å². The van der Waals surface area contributed by atoms with E-state index in [1.807, 2.05) is 0 Å². The third-order valence-electron chi connectivity index (χ3n) is 3.13. The first kappa shape index (κ1) is 21.3. The van der Waals surface area contributed by atoms with Gasteiger partial charge in [0, 0.05) is 0 Å². The van der Waals surface area contributed by atoms with Crippen molar-refractivity contribution in [2.24, 2.45) is 0 Å². The summed E-state index contributed by atoms with van der Waals surface area (Å²) in [6.07, 6.45) is -0.882. The lowest BCUT2D eigenvalue weighted by Gasteiger charge is -2.26. The number of nitrogens with zero attached hydrogens (tertiary/aromatic N) is 1. The molecule has 1 aromatic rings. The molecule has 154 valence electrons. The lowest BCUT2D eigenvalue weighted by atomic mass is 10.2. The van der Waals surface area contributed by atoms with E-state index in [1.54, 1.807) is 41.5 Å². The summed E-state index contributed by atoms with van der Waals surface area (Å²) in [5.41, 5.74) is -0.655. The molecule has 3 N–H and O–H groups in total. The summed E-state index contributed by atoms with van der Waals surface area (Å²) in [5, 5.41) is 7.65. The van der Waals surface area contributed by atoms with Gasteiger partial charge in [0.15, 0.2) is 6.10 Å². The highest BCUT2D eigenvalue weighted by atomic mass is 16.6. The van der Waals surface area contributed by atoms with Crippen LogP contribution in [0.5, 0.6) is 5.88 Å². The van der Waals surface area contributed by atoms with Crippen molar-refractivity contribution < 1.29 is 28.6 Å². The Morgan fingerprint density at radius 1 is 1.14 bits per heavy atom. The van der Waals surface area contributed by atoms with Gasteiger partial charge >= 0.3 is 12.2 Å². The normalized spacial score (nSPS) is 16.2. The Morgan fingerprint density at radius 2 is 1.75 bits per heavy atom. The minimum atomic E-state index is -0.961. The molecule has 1 aliphatic rings. The number of anilines is 2. The zero-order valence-electron chi connectivity index (χ0n) is 16.8. The number of alkyl carbamates (subject to hydrolysis) is 1. The molecule has 0 aromatic carbocycles. The first-order valence-electron chi connectivity index (χ1n) is 8.77. The number of aromatic nitrogens is 1. The van der Waals surface area contributed by atoms with E-state index in [0.29, 0.717) is 11.4 Å². The molecule has 0 spiro atoms. The Morgan fingerprint density at radius 3 is 2.36 bits per heavy atom. The van der Waals surface area contributed by atoms with Crippen LogP contribution >= 0.6 is 0 Å². The van der Waals surface area contributed by atoms with Crippen molar-refractivity contribution in [2.45, 2.75) is 58.8 Å². The molecule has 0 bridgehead atoms. The highest BCUT2D eigenvalue weighted by molar-refractivity contribution is 5.98. The number of pyridine rings is 1. The number of nitrogens with one attached hydrogen (secondary N) is 3. The topological polar surface area (TPSA) is 128 Å². The second-order valence-electron chi connectivity index (χ2n) is 8.18. The van der Waals surface area contributed by atoms with Crippen molar-refractivity contribution in [1.82, 2.24) is 10.3 Å². The van der Waals surface area contributed by atoms with Gasteiger partial charge in [0.2, 0.25) is 5.88 Å². The maximum atomic E-state index is 12.2. The van der Waals surface area contributed by atoms with Crippen LogP contribution in [0.1, 0.15) is 41.5 Å². The Bertz CT molecular complexity index is 766. The summed E-state index contributed by atoms with van der Waals surface area (Å²) in [5.74, 6) is -0.287. The lowest BCUT2D eigenvalue weighted by Crippen LogP contribution is -2.46. The molecule has 0 fully saturated rings. The molecule has 1 aliphatic heterocycles. The van der Waals surface area contributed by atoms with Crippen LogP contribution in [0.15, 0.2) is 12.3 Å². The predicted molar refractivity (Wildman–Crippen MR) is 101 cm³/mol. The molecule has 1 aromatic heterocycles. The van der Waals surface area contributed by atoms with Gasteiger partial charge in [-0.3, -0.25) is 10.1 Å². The van der Waals surface area contributed by atoms with E-state index < -0.39 is 35.4 Å². The number of carbonyl (C=O) groups excluding carboxylic acids is 3. The first-order valence-corrected chi connectivity index (χ1v) is 8.77. The number of ether oxygens (including phenoxy) is 3. The molecule has 2 heterocycles. The van der Waals surface area contributed by atoms with Crippen molar-refractivity contribution >= 4 is 29.5 Å². The van der Waals surface area contributed by atoms with E-state index >= 15 is 0 Å². The molecule has 0 aliphatic carbocycles. The number of hydrogen-bond acceptors (Lipinski definition) is 7. The molecule has 2 rings (SSSR count). The molecule has 3 amide bonds. The Labute approximate surface area is 163 Å². The van der Waals surface area contributed by atoms with Gasteiger partial charge in [-0.2, -0.15) is 0 Å². The second kappa shape index (κ2) is 7.91. The van der Waals surface area contributed by atoms with E-state index in [9.17, 15) is 14.4 Å². The Balaban J connectivity index is 1.97. The lowest BCUT2D eigenvalue weighted by molar-refractivity contribution is -0.123. The largest absolute Gasteiger partial charge is 0.461 e. The third-order valence-corrected chi connectivity index (χ3v) is 3.13. The average Bonchev–Trinajstić information content (AvgIpc) is 2.49. The molecule has 0 saturated carbocycles. The number of rotatable bonds is 3. The Kier molecular flexibility index (Phi) is 6.01. The zero-order valence-corrected chi connectivity index (χ0v) is 16.8. The van der Waals surface area contributed by atoms with Gasteiger partial charge in [0.1, 0.15) is 16.9 Å². The first-order chi connectivity index (χ1) is 12.8. The van der Waals surface area contributed by atoms with Gasteiger partial charge in [-0.05, 0) is 47.6 Å². The number of fused-ring (bicyclic) bond motifs is 1. The molecule has 1 atom stereocenters. The standard InChI is InChI=1S/C18H26N4O6/c1-17(2,3)27-15(24)20-9-12-13(23)22-11-7-10(8-19-14(11)26-12)21-16(25)28-18(4,5)6/h7-8,12H,9H2,1-6H3,(H,20,24)(H,21,25)(H,22,23)/t12-/m0/s1. The van der Waals surface area contributed by atoms with Crippen LogP contribution < -0.4 is 20.7 Å². The van der Waals surface area contributed by atoms with Gasteiger partial charge in [-0.1, -0.05) is 0 Å². The summed E-state index contributed by atoms with van der Waals surface area (Å²) in [7, 11) is 0. The summed E-state index contributed by atoms with van der Waals surface area (Å²) < 4.78 is 15.8. The SMILES string of the molecule is CC(C)(C)OC(=O)NC[C@@H]1Oc2ncc(NC(=O)OC(C)(C)C)cc2NC1=O. The highest BCUT2D eigenvalue weighted by Gasteiger charge is 2.30. The van der Waals surface area contributed by atoms with Crippen LogP contribution in [0.4, 0.5) is 21.0 Å². The molecule has 28 heavy (non-hydrogen) atoms. The summed E-state index contributed by atoms with van der Waals surface area (Å²) in [6, 6.07) is 1.50. The maximum Gasteiger partial charge on any atom is 0.412 e. The highest BCUT2D eigenvalue weighted by Crippen LogP contribution is 2.29. The van der Waals surface area contributed by atoms with Crippen molar-refractivity contribution in [3.8, 4) is 5.88 Å². The fraction of sp³-hybridized carbons (Fsp3) is 0.556. The van der Waals surface area contributed by atoms with Crippen LogP contribution in [0.3, 0.4) is 0 Å². The summed E-state index contributed by atoms with van der Waals surface area (Å²) in [6.45, 7) is 10.4. The fourth-order valence-electron chi connectivity index (χ4n) is 2.15. The van der Waals surface area contributed by atoms with Gasteiger partial charge in [0.05, 0.1) is 18.4 Å². The quantitative estimate of drug-likeness (QED) is 0.719. The number of carbonyl (C=O) groups is 3. The van der Waals surface area contributed by atoms with E-state index in [-0.39, 0.29) is 12.4 Å². The molecule has 0 unspecified atom stereocenters. The van der Waals surface area contributed by atoms with Gasteiger partial charge < -0.3 is 24.8 Å². The summed E-state index contributed by atoms with van der Waals surface area (Å²) in [4.78, 5) is 39.8. The van der Waals surface area contributed by atoms with Crippen molar-refractivity contribution in [1.29, 1.82) is 0 Å². The van der Waals surface area contributed by atoms with E-state index in [4.69, 9.17) is 14.2 Å². The van der Waals surface area contributed by atoms with Gasteiger partial charge in [-0.15, -0.1) is 0 Å². The molecule has 10 heteroatoms. The molecule has 10 nitrogen and oxygen atoms in total. The maximum absolute atomic E-state index is 12.2. The van der Waals surface area contributed by atoms with Crippen LogP contribution in [-0.4, -0.2) is 46.9 Å². The molecule has 0 saturated heterocycles. The predicted octanol–water partition coefficient (Wildman–Crippen LogP) is 2.65. The molecular formula is C18H26N4O6. The minimum absolute atomic E-state index is 0.0836. The van der Waals surface area contributed by atoms with Crippen LogP contribution in [0, 0.1) is 0 Å². The van der Waals surface area contributed by atoms with Crippen LogP contribution in [0.25, 0.3) is 0 Å². The van der Waals surface area contributed by atoms with Crippen molar-refractivity contribution in [3.05, 3.63) is 12.3 Å². The van der Waals surface area contributed by atoms with Crippen LogP contribution in [0.2, 0.25) is 0 Å². The zero-order chi connectivity index (χ0) is 21.1. The number of amides is 3. The number of hydrogen-bond donors (Lipinski definition) is 3. The molecular weight excluding hydrogens is 368 g/mol. The summed E-state index contributed by atoms with van der Waals surface area (Å²) >= 11 is 0. The van der Waals surface area contributed by atoms with E-state index in [1.165, 1.54) is 12.3 Å². The van der Waals surface area contributed by atoms with Crippen LogP contribution in [-0.2, 0) is 14.3 Å². The third kappa shape index (κ3) is 6.60. The Hall–Kier alpha value is -3.04. The van der Waals surface area contributed by atoms with Crippen molar-refractivity contribution in [2.75, 3.05) is 17.2 Å². The fourth-order valence-corrected chi connectivity index (χ4v) is 2.15.